The van der Waals surface area contributed by atoms with Crippen molar-refractivity contribution in [2.75, 3.05) is 10.5 Å². The first-order chi connectivity index (χ1) is 9.48. The van der Waals surface area contributed by atoms with E-state index in [1.807, 2.05) is 32.0 Å². The van der Waals surface area contributed by atoms with Crippen molar-refractivity contribution >= 4 is 38.3 Å². The first-order valence-corrected chi connectivity index (χ1v) is 9.46. The third-order valence-corrected chi connectivity index (χ3v) is 5.56. The van der Waals surface area contributed by atoms with Crippen LogP contribution in [-0.4, -0.2) is 24.4 Å². The highest BCUT2D eigenvalue weighted by Crippen LogP contribution is 2.26. The molecule has 0 spiro atoms. The minimum absolute atomic E-state index is 0.0650. The maximum absolute atomic E-state index is 12.1. The van der Waals surface area contributed by atoms with Gasteiger partial charge >= 0.3 is 0 Å². The van der Waals surface area contributed by atoms with E-state index in [0.29, 0.717) is 5.13 Å². The van der Waals surface area contributed by atoms with Crippen LogP contribution in [0.1, 0.15) is 18.1 Å². The van der Waals surface area contributed by atoms with E-state index in [0.717, 1.165) is 21.2 Å². The number of aryl methyl sites for hydroxylation is 1. The standard InChI is InChI=1S/C12H15N3O2S3/c1-3-18-12-14-13-11(19-12)15-20(16,17)8-10-6-4-5-9(2)7-10/h4-7H,3,8H2,1-2H3,(H,13,15). The van der Waals surface area contributed by atoms with Crippen molar-refractivity contribution in [1.29, 1.82) is 0 Å². The fourth-order valence-corrected chi connectivity index (χ4v) is 4.67. The SMILES string of the molecule is CCSc1nnc(NS(=O)(=O)Cc2cccc(C)c2)s1. The molecule has 0 amide bonds. The number of hydrogen-bond acceptors (Lipinski definition) is 6. The van der Waals surface area contributed by atoms with Crippen molar-refractivity contribution in [2.24, 2.45) is 0 Å². The van der Waals surface area contributed by atoms with Crippen LogP contribution in [0.5, 0.6) is 0 Å². The molecule has 0 aliphatic carbocycles. The second-order valence-electron chi connectivity index (χ2n) is 4.16. The quantitative estimate of drug-likeness (QED) is 0.825. The third kappa shape index (κ3) is 4.46. The Bertz CT molecular complexity index is 683. The smallest absolute Gasteiger partial charge is 0.238 e. The topological polar surface area (TPSA) is 72.0 Å². The molecule has 0 bridgehead atoms. The molecule has 20 heavy (non-hydrogen) atoms. The van der Waals surface area contributed by atoms with E-state index in [9.17, 15) is 8.42 Å². The highest BCUT2D eigenvalue weighted by Gasteiger charge is 2.15. The Hall–Kier alpha value is -1.12. The van der Waals surface area contributed by atoms with Crippen molar-refractivity contribution < 1.29 is 8.42 Å². The lowest BCUT2D eigenvalue weighted by Gasteiger charge is -2.05. The molecule has 1 aromatic carbocycles. The Morgan fingerprint density at radius 3 is 2.85 bits per heavy atom. The summed E-state index contributed by atoms with van der Waals surface area (Å²) in [6, 6.07) is 7.44. The van der Waals surface area contributed by atoms with Crippen LogP contribution < -0.4 is 4.72 Å². The molecule has 0 aliphatic heterocycles. The number of hydrogen-bond donors (Lipinski definition) is 1. The lowest BCUT2D eigenvalue weighted by Crippen LogP contribution is -2.15. The summed E-state index contributed by atoms with van der Waals surface area (Å²) in [6.07, 6.45) is 0. The molecular formula is C12H15N3O2S3. The molecule has 0 saturated carbocycles. The van der Waals surface area contributed by atoms with Crippen LogP contribution in [0.2, 0.25) is 0 Å². The van der Waals surface area contributed by atoms with Crippen molar-refractivity contribution in [3.63, 3.8) is 0 Å². The highest BCUT2D eigenvalue weighted by molar-refractivity contribution is 8.01. The van der Waals surface area contributed by atoms with Crippen LogP contribution in [0.25, 0.3) is 0 Å². The van der Waals surface area contributed by atoms with E-state index < -0.39 is 10.0 Å². The first kappa shape index (κ1) is 15.3. The number of nitrogens with zero attached hydrogens (tertiary/aromatic N) is 2. The summed E-state index contributed by atoms with van der Waals surface area (Å²) in [5, 5.41) is 8.07. The fraction of sp³-hybridized carbons (Fsp3) is 0.333. The summed E-state index contributed by atoms with van der Waals surface area (Å²) in [5.74, 6) is 0.815. The van der Waals surface area contributed by atoms with Gasteiger partial charge in [-0.1, -0.05) is 59.9 Å². The van der Waals surface area contributed by atoms with E-state index >= 15 is 0 Å². The van der Waals surface area contributed by atoms with Gasteiger partial charge in [-0.15, -0.1) is 10.2 Å². The van der Waals surface area contributed by atoms with Crippen LogP contribution >= 0.6 is 23.1 Å². The zero-order valence-electron chi connectivity index (χ0n) is 11.2. The van der Waals surface area contributed by atoms with Crippen LogP contribution in [0.4, 0.5) is 5.13 Å². The molecule has 0 unspecified atom stereocenters. The minimum atomic E-state index is -3.46. The lowest BCUT2D eigenvalue weighted by atomic mass is 10.2. The number of aromatic nitrogens is 2. The predicted molar refractivity (Wildman–Crippen MR) is 83.7 cm³/mol. The van der Waals surface area contributed by atoms with Crippen molar-refractivity contribution in [2.45, 2.75) is 23.9 Å². The van der Waals surface area contributed by atoms with E-state index in [2.05, 4.69) is 14.9 Å². The molecule has 5 nitrogen and oxygen atoms in total. The number of sulfonamides is 1. The molecule has 0 fully saturated rings. The Morgan fingerprint density at radius 2 is 2.15 bits per heavy atom. The zero-order valence-corrected chi connectivity index (χ0v) is 13.6. The molecule has 0 radical (unpaired) electrons. The Labute approximate surface area is 126 Å². The number of nitrogens with one attached hydrogen (secondary N) is 1. The van der Waals surface area contributed by atoms with Gasteiger partial charge in [-0.3, -0.25) is 4.72 Å². The van der Waals surface area contributed by atoms with Gasteiger partial charge in [0.1, 0.15) is 0 Å². The van der Waals surface area contributed by atoms with Crippen molar-refractivity contribution in [3.8, 4) is 0 Å². The zero-order chi connectivity index (χ0) is 14.6. The number of thioether (sulfide) groups is 1. The monoisotopic (exact) mass is 329 g/mol. The molecule has 2 aromatic rings. The van der Waals surface area contributed by atoms with Gasteiger partial charge in [0.2, 0.25) is 15.2 Å². The Balaban J connectivity index is 2.06. The third-order valence-electron chi connectivity index (χ3n) is 2.36. The molecular weight excluding hydrogens is 314 g/mol. The van der Waals surface area contributed by atoms with E-state index in [1.54, 1.807) is 6.07 Å². The molecule has 108 valence electrons. The molecule has 1 N–H and O–H groups in total. The van der Waals surface area contributed by atoms with Gasteiger partial charge in [0.25, 0.3) is 0 Å². The van der Waals surface area contributed by atoms with Crippen LogP contribution in [0, 0.1) is 6.92 Å². The average Bonchev–Trinajstić information content (AvgIpc) is 2.75. The van der Waals surface area contributed by atoms with Gasteiger partial charge in [0, 0.05) is 0 Å². The molecule has 2 rings (SSSR count). The van der Waals surface area contributed by atoms with Gasteiger partial charge in [0.15, 0.2) is 4.34 Å². The van der Waals surface area contributed by atoms with Gasteiger partial charge < -0.3 is 0 Å². The normalized spacial score (nSPS) is 11.5. The van der Waals surface area contributed by atoms with Gasteiger partial charge in [-0.2, -0.15) is 0 Å². The van der Waals surface area contributed by atoms with Crippen molar-refractivity contribution in [1.82, 2.24) is 10.2 Å². The second kappa shape index (κ2) is 6.55. The van der Waals surface area contributed by atoms with Crippen LogP contribution in [0.15, 0.2) is 28.6 Å². The van der Waals surface area contributed by atoms with Gasteiger partial charge in [0.05, 0.1) is 5.75 Å². The van der Waals surface area contributed by atoms with E-state index in [1.165, 1.54) is 23.1 Å². The summed E-state index contributed by atoms with van der Waals surface area (Å²) in [6.45, 7) is 3.94. The van der Waals surface area contributed by atoms with Gasteiger partial charge in [-0.25, -0.2) is 8.42 Å². The summed E-state index contributed by atoms with van der Waals surface area (Å²) in [7, 11) is -3.46. The lowest BCUT2D eigenvalue weighted by molar-refractivity contribution is 0.600. The Kier molecular flexibility index (Phi) is 5.00. The van der Waals surface area contributed by atoms with Crippen LogP contribution in [-0.2, 0) is 15.8 Å². The maximum atomic E-state index is 12.1. The molecule has 0 aliphatic rings. The number of benzene rings is 1. The van der Waals surface area contributed by atoms with E-state index in [-0.39, 0.29) is 5.75 Å². The molecule has 0 saturated heterocycles. The molecule has 1 heterocycles. The summed E-state index contributed by atoms with van der Waals surface area (Å²) in [5.41, 5.74) is 1.79. The average molecular weight is 329 g/mol. The van der Waals surface area contributed by atoms with E-state index in [4.69, 9.17) is 0 Å². The minimum Gasteiger partial charge on any atom is -0.257 e. The summed E-state index contributed by atoms with van der Waals surface area (Å²) in [4.78, 5) is 0. The Morgan fingerprint density at radius 1 is 1.35 bits per heavy atom. The number of anilines is 1. The summed E-state index contributed by atoms with van der Waals surface area (Å²) >= 11 is 2.79. The molecule has 0 atom stereocenters. The molecule has 8 heteroatoms. The molecule has 1 aromatic heterocycles. The maximum Gasteiger partial charge on any atom is 0.238 e. The first-order valence-electron chi connectivity index (χ1n) is 6.01. The van der Waals surface area contributed by atoms with Gasteiger partial charge in [-0.05, 0) is 18.2 Å². The highest BCUT2D eigenvalue weighted by atomic mass is 32.2. The predicted octanol–water partition coefficient (Wildman–Crippen LogP) is 2.90. The second-order valence-corrected chi connectivity index (χ2v) is 8.37. The van der Waals surface area contributed by atoms with Crippen LogP contribution in [0.3, 0.4) is 0 Å². The summed E-state index contributed by atoms with van der Waals surface area (Å²) < 4.78 is 27.4. The van der Waals surface area contributed by atoms with Crippen molar-refractivity contribution in [3.05, 3.63) is 35.4 Å². The largest absolute Gasteiger partial charge is 0.257 e. The fourth-order valence-electron chi connectivity index (χ4n) is 1.62. The number of rotatable bonds is 6.